The van der Waals surface area contributed by atoms with Crippen molar-refractivity contribution in [2.45, 2.75) is 32.7 Å². The van der Waals surface area contributed by atoms with Crippen molar-refractivity contribution in [3.05, 3.63) is 28.8 Å². The molecule has 0 aliphatic rings. The quantitative estimate of drug-likeness (QED) is 0.618. The first-order valence-corrected chi connectivity index (χ1v) is 6.75. The first-order valence-electron chi connectivity index (χ1n) is 6.38. The van der Waals surface area contributed by atoms with Gasteiger partial charge >= 0.3 is 5.97 Å². The second-order valence-electron chi connectivity index (χ2n) is 4.33. The van der Waals surface area contributed by atoms with Crippen molar-refractivity contribution in [3.63, 3.8) is 0 Å². The van der Waals surface area contributed by atoms with E-state index in [4.69, 9.17) is 26.8 Å². The van der Waals surface area contributed by atoms with E-state index in [1.165, 1.54) is 0 Å². The van der Waals surface area contributed by atoms with Gasteiger partial charge in [0, 0.05) is 16.6 Å². The molecular weight excluding hydrogens is 266 g/mol. The van der Waals surface area contributed by atoms with Gasteiger partial charge in [-0.15, -0.1) is 0 Å². The molecule has 0 saturated heterocycles. The van der Waals surface area contributed by atoms with E-state index < -0.39 is 0 Å². The van der Waals surface area contributed by atoms with Crippen LogP contribution < -0.4 is 10.5 Å². The molecule has 0 saturated carbocycles. The third-order valence-corrected chi connectivity index (χ3v) is 2.80. The molecule has 0 aliphatic carbocycles. The standard InChI is InChI=1S/C14H20ClNO3/c1-3-4-7-18-14(17)9-19-13-6-5-11(15)8-12(13)10(2)16/h5-6,8,10H,3-4,7,9,16H2,1-2H3/t10-/m1/s1. The average molecular weight is 286 g/mol. The van der Waals surface area contributed by atoms with Crippen LogP contribution in [0.4, 0.5) is 0 Å². The Morgan fingerprint density at radius 2 is 2.21 bits per heavy atom. The minimum absolute atomic E-state index is 0.120. The van der Waals surface area contributed by atoms with E-state index >= 15 is 0 Å². The van der Waals surface area contributed by atoms with Crippen molar-refractivity contribution >= 4 is 17.6 Å². The second-order valence-corrected chi connectivity index (χ2v) is 4.77. The summed E-state index contributed by atoms with van der Waals surface area (Å²) in [5.41, 5.74) is 6.61. The summed E-state index contributed by atoms with van der Waals surface area (Å²) < 4.78 is 10.4. The molecule has 0 aliphatic heterocycles. The second kappa shape index (κ2) is 8.02. The fourth-order valence-corrected chi connectivity index (χ4v) is 1.70. The number of nitrogens with two attached hydrogens (primary N) is 1. The lowest BCUT2D eigenvalue weighted by molar-refractivity contribution is -0.146. The lowest BCUT2D eigenvalue weighted by Crippen LogP contribution is -2.17. The highest BCUT2D eigenvalue weighted by Gasteiger charge is 2.11. The first kappa shape index (κ1) is 15.8. The molecule has 0 unspecified atom stereocenters. The molecule has 2 N–H and O–H groups in total. The molecule has 1 atom stereocenters. The zero-order valence-corrected chi connectivity index (χ0v) is 12.1. The molecule has 5 heteroatoms. The van der Waals surface area contributed by atoms with Crippen LogP contribution >= 0.6 is 11.6 Å². The van der Waals surface area contributed by atoms with Crippen LogP contribution in [0.1, 0.15) is 38.3 Å². The summed E-state index contributed by atoms with van der Waals surface area (Å²) >= 11 is 5.91. The number of ether oxygens (including phenoxy) is 2. The van der Waals surface area contributed by atoms with Crippen molar-refractivity contribution in [1.29, 1.82) is 0 Å². The minimum Gasteiger partial charge on any atom is -0.482 e. The third kappa shape index (κ3) is 5.49. The van der Waals surface area contributed by atoms with Crippen LogP contribution in [0, 0.1) is 0 Å². The smallest absolute Gasteiger partial charge is 0.344 e. The normalized spacial score (nSPS) is 12.0. The Kier molecular flexibility index (Phi) is 6.67. The van der Waals surface area contributed by atoms with E-state index in [2.05, 4.69) is 0 Å². The number of carbonyl (C=O) groups excluding carboxylic acids is 1. The Labute approximate surface area is 118 Å². The van der Waals surface area contributed by atoms with Gasteiger partial charge in [0.2, 0.25) is 0 Å². The Hall–Kier alpha value is -1.26. The van der Waals surface area contributed by atoms with Gasteiger partial charge in [-0.25, -0.2) is 4.79 Å². The van der Waals surface area contributed by atoms with Crippen LogP contribution in [0.15, 0.2) is 18.2 Å². The molecule has 0 amide bonds. The Morgan fingerprint density at radius 1 is 1.47 bits per heavy atom. The first-order chi connectivity index (χ1) is 9.04. The topological polar surface area (TPSA) is 61.5 Å². The lowest BCUT2D eigenvalue weighted by Gasteiger charge is -2.14. The fraction of sp³-hybridized carbons (Fsp3) is 0.500. The van der Waals surface area contributed by atoms with Gasteiger partial charge < -0.3 is 15.2 Å². The lowest BCUT2D eigenvalue weighted by atomic mass is 10.1. The maximum absolute atomic E-state index is 11.4. The van der Waals surface area contributed by atoms with Crippen molar-refractivity contribution in [2.75, 3.05) is 13.2 Å². The summed E-state index contributed by atoms with van der Waals surface area (Å²) in [6.07, 6.45) is 1.85. The van der Waals surface area contributed by atoms with Gasteiger partial charge in [-0.05, 0) is 31.5 Å². The van der Waals surface area contributed by atoms with Gasteiger partial charge in [0.1, 0.15) is 5.75 Å². The number of esters is 1. The van der Waals surface area contributed by atoms with Crippen LogP contribution in [0.3, 0.4) is 0 Å². The fourth-order valence-electron chi connectivity index (χ4n) is 1.52. The number of benzene rings is 1. The van der Waals surface area contributed by atoms with Gasteiger partial charge in [0.05, 0.1) is 6.61 Å². The van der Waals surface area contributed by atoms with Crippen molar-refractivity contribution in [2.24, 2.45) is 5.73 Å². The Morgan fingerprint density at radius 3 is 2.84 bits per heavy atom. The molecule has 0 radical (unpaired) electrons. The van der Waals surface area contributed by atoms with Crippen LogP contribution in [0.5, 0.6) is 5.75 Å². The van der Waals surface area contributed by atoms with Crippen molar-refractivity contribution in [3.8, 4) is 5.75 Å². The van der Waals surface area contributed by atoms with Crippen molar-refractivity contribution in [1.82, 2.24) is 0 Å². The van der Waals surface area contributed by atoms with E-state index in [0.29, 0.717) is 17.4 Å². The van der Waals surface area contributed by atoms with Gasteiger partial charge in [-0.1, -0.05) is 24.9 Å². The Balaban J connectivity index is 2.55. The number of unbranched alkanes of at least 4 members (excludes halogenated alkanes) is 1. The summed E-state index contributed by atoms with van der Waals surface area (Å²) in [6.45, 7) is 4.18. The summed E-state index contributed by atoms with van der Waals surface area (Å²) in [4.78, 5) is 11.4. The summed E-state index contributed by atoms with van der Waals surface area (Å²) in [7, 11) is 0. The van der Waals surface area contributed by atoms with Crippen LogP contribution in [-0.4, -0.2) is 19.2 Å². The number of carbonyl (C=O) groups is 1. The van der Waals surface area contributed by atoms with Crippen LogP contribution in [-0.2, 0) is 9.53 Å². The number of hydrogen-bond acceptors (Lipinski definition) is 4. The zero-order chi connectivity index (χ0) is 14.3. The van der Waals surface area contributed by atoms with Gasteiger partial charge in [0.25, 0.3) is 0 Å². The summed E-state index contributed by atoms with van der Waals surface area (Å²) in [6, 6.07) is 4.93. The largest absolute Gasteiger partial charge is 0.482 e. The predicted octanol–water partition coefficient (Wildman–Crippen LogP) is 3.08. The molecule has 0 heterocycles. The molecule has 0 fully saturated rings. The van der Waals surface area contributed by atoms with E-state index in [1.807, 2.05) is 13.8 Å². The molecular formula is C14H20ClNO3. The molecule has 1 rings (SSSR count). The van der Waals surface area contributed by atoms with E-state index in [-0.39, 0.29) is 18.6 Å². The van der Waals surface area contributed by atoms with Gasteiger partial charge in [0.15, 0.2) is 6.61 Å². The molecule has 1 aromatic carbocycles. The van der Waals surface area contributed by atoms with Gasteiger partial charge in [-0.3, -0.25) is 0 Å². The predicted molar refractivity (Wildman–Crippen MR) is 75.4 cm³/mol. The molecule has 0 bridgehead atoms. The van der Waals surface area contributed by atoms with Crippen LogP contribution in [0.25, 0.3) is 0 Å². The number of rotatable bonds is 7. The highest BCUT2D eigenvalue weighted by atomic mass is 35.5. The van der Waals surface area contributed by atoms with E-state index in [9.17, 15) is 4.79 Å². The third-order valence-electron chi connectivity index (χ3n) is 2.57. The molecule has 106 valence electrons. The maximum atomic E-state index is 11.4. The molecule has 19 heavy (non-hydrogen) atoms. The highest BCUT2D eigenvalue weighted by Crippen LogP contribution is 2.27. The SMILES string of the molecule is CCCCOC(=O)COc1ccc(Cl)cc1[C@@H](C)N. The number of halogens is 1. The van der Waals surface area contributed by atoms with Gasteiger partial charge in [-0.2, -0.15) is 0 Å². The van der Waals surface area contributed by atoms with Crippen LogP contribution in [0.2, 0.25) is 5.02 Å². The highest BCUT2D eigenvalue weighted by molar-refractivity contribution is 6.30. The van der Waals surface area contributed by atoms with Crippen molar-refractivity contribution < 1.29 is 14.3 Å². The zero-order valence-electron chi connectivity index (χ0n) is 11.3. The molecule has 4 nitrogen and oxygen atoms in total. The molecule has 0 aromatic heterocycles. The number of hydrogen-bond donors (Lipinski definition) is 1. The summed E-state index contributed by atoms with van der Waals surface area (Å²) in [5.74, 6) is 0.186. The monoisotopic (exact) mass is 285 g/mol. The van der Waals surface area contributed by atoms with E-state index in [0.717, 1.165) is 18.4 Å². The molecule has 1 aromatic rings. The Bertz CT molecular complexity index is 421. The van der Waals surface area contributed by atoms with E-state index in [1.54, 1.807) is 18.2 Å². The average Bonchev–Trinajstić information content (AvgIpc) is 2.37. The minimum atomic E-state index is -0.376. The molecule has 0 spiro atoms. The maximum Gasteiger partial charge on any atom is 0.344 e. The summed E-state index contributed by atoms with van der Waals surface area (Å²) in [5, 5.41) is 0.588.